The second-order valence-electron chi connectivity index (χ2n) is 5.65. The quantitative estimate of drug-likeness (QED) is 0.585. The average Bonchev–Trinajstić information content (AvgIpc) is 2.39. The van der Waals surface area contributed by atoms with Gasteiger partial charge in [0.15, 0.2) is 0 Å². The highest BCUT2D eigenvalue weighted by molar-refractivity contribution is 9.10. The van der Waals surface area contributed by atoms with Gasteiger partial charge in [-0.1, -0.05) is 39.7 Å². The first kappa shape index (κ1) is 15.4. The molecule has 2 aromatic rings. The topological polar surface area (TPSA) is 12.0 Å². The molecule has 0 unspecified atom stereocenters. The summed E-state index contributed by atoms with van der Waals surface area (Å²) >= 11 is 13.4. The molecule has 1 nitrogen and oxygen atoms in total. The van der Waals surface area contributed by atoms with Crippen LogP contribution in [0.2, 0.25) is 5.02 Å². The summed E-state index contributed by atoms with van der Waals surface area (Å²) in [6.07, 6.45) is 2.32. The van der Waals surface area contributed by atoms with Crippen LogP contribution in [0.25, 0.3) is 0 Å². The van der Waals surface area contributed by atoms with Crippen LogP contribution in [0.4, 0.5) is 5.69 Å². The number of benzene rings is 2. The van der Waals surface area contributed by atoms with Gasteiger partial charge >= 0.3 is 0 Å². The van der Waals surface area contributed by atoms with E-state index in [0.29, 0.717) is 12.0 Å². The van der Waals surface area contributed by atoms with Gasteiger partial charge in [0, 0.05) is 20.0 Å². The molecule has 1 saturated carbocycles. The van der Waals surface area contributed by atoms with Crippen molar-refractivity contribution in [3.63, 3.8) is 0 Å². The maximum Gasteiger partial charge on any atom is 0.0501 e. The molecule has 2 aromatic carbocycles. The first-order chi connectivity index (χ1) is 10.0. The Morgan fingerprint density at radius 3 is 2.62 bits per heavy atom. The van der Waals surface area contributed by atoms with Crippen LogP contribution in [0.1, 0.15) is 29.9 Å². The summed E-state index contributed by atoms with van der Waals surface area (Å²) in [5.74, 6) is 0.652. The lowest BCUT2D eigenvalue weighted by Crippen LogP contribution is -2.34. The van der Waals surface area contributed by atoms with E-state index >= 15 is 0 Å². The number of hydrogen-bond acceptors (Lipinski definition) is 1. The van der Waals surface area contributed by atoms with Crippen molar-refractivity contribution in [3.05, 3.63) is 61.5 Å². The number of rotatable bonds is 3. The van der Waals surface area contributed by atoms with E-state index in [0.717, 1.165) is 38.1 Å². The summed E-state index contributed by atoms with van der Waals surface area (Å²) in [4.78, 5) is 0. The minimum absolute atomic E-state index is 0.518. The summed E-state index contributed by atoms with van der Waals surface area (Å²) in [6, 6.07) is 13.2. The standard InChI is InChI=1S/C17H16Br2ClN/c1-10-5-15(19)17(9-16(10)20)21-14-7-12(8-14)11-3-2-4-13(18)6-11/h2-6,9,12,14,21H,7-8H2,1H3. The number of nitrogens with one attached hydrogen (secondary N) is 1. The molecule has 21 heavy (non-hydrogen) atoms. The highest BCUT2D eigenvalue weighted by Crippen LogP contribution is 2.40. The number of halogens is 3. The van der Waals surface area contributed by atoms with Gasteiger partial charge in [0.1, 0.15) is 0 Å². The van der Waals surface area contributed by atoms with E-state index in [1.807, 2.05) is 13.0 Å². The summed E-state index contributed by atoms with van der Waals surface area (Å²) in [7, 11) is 0. The van der Waals surface area contributed by atoms with Crippen molar-refractivity contribution in [2.75, 3.05) is 5.32 Å². The maximum absolute atomic E-state index is 6.21. The number of hydrogen-bond donors (Lipinski definition) is 1. The second kappa shape index (κ2) is 6.31. The van der Waals surface area contributed by atoms with Crippen molar-refractivity contribution in [2.45, 2.75) is 31.7 Å². The van der Waals surface area contributed by atoms with Crippen LogP contribution in [-0.2, 0) is 0 Å². The Bertz CT molecular complexity index is 666. The van der Waals surface area contributed by atoms with Crippen molar-refractivity contribution in [2.24, 2.45) is 0 Å². The third-order valence-electron chi connectivity index (χ3n) is 4.07. The molecule has 1 aliphatic rings. The fourth-order valence-electron chi connectivity index (χ4n) is 2.75. The summed E-state index contributed by atoms with van der Waals surface area (Å²) in [5, 5.41) is 4.39. The lowest BCUT2D eigenvalue weighted by atomic mass is 9.76. The van der Waals surface area contributed by atoms with Gasteiger partial charge in [-0.15, -0.1) is 0 Å². The molecule has 0 bridgehead atoms. The van der Waals surface area contributed by atoms with Gasteiger partial charge in [0.25, 0.3) is 0 Å². The van der Waals surface area contributed by atoms with E-state index < -0.39 is 0 Å². The summed E-state index contributed by atoms with van der Waals surface area (Å²) in [5.41, 5.74) is 3.60. The van der Waals surface area contributed by atoms with Crippen molar-refractivity contribution in [3.8, 4) is 0 Å². The molecule has 0 spiro atoms. The molecule has 0 aliphatic heterocycles. The molecule has 0 atom stereocenters. The first-order valence-corrected chi connectivity index (χ1v) is 8.97. The molecule has 0 amide bonds. The third-order valence-corrected chi connectivity index (χ3v) is 5.62. The van der Waals surface area contributed by atoms with Crippen LogP contribution in [0.3, 0.4) is 0 Å². The molecular formula is C17H16Br2ClN. The predicted molar refractivity (Wildman–Crippen MR) is 97.4 cm³/mol. The Labute approximate surface area is 147 Å². The Morgan fingerprint density at radius 2 is 1.90 bits per heavy atom. The van der Waals surface area contributed by atoms with Crippen LogP contribution in [0.5, 0.6) is 0 Å². The Hall–Kier alpha value is -0.510. The minimum atomic E-state index is 0.518. The zero-order chi connectivity index (χ0) is 15.0. The number of aryl methyl sites for hydroxylation is 1. The molecule has 1 aliphatic carbocycles. The highest BCUT2D eigenvalue weighted by atomic mass is 79.9. The minimum Gasteiger partial charge on any atom is -0.381 e. The highest BCUT2D eigenvalue weighted by Gasteiger charge is 2.30. The van der Waals surface area contributed by atoms with E-state index in [1.54, 1.807) is 0 Å². The smallest absolute Gasteiger partial charge is 0.0501 e. The van der Waals surface area contributed by atoms with Gasteiger partial charge in [0.2, 0.25) is 0 Å². The molecule has 0 heterocycles. The van der Waals surface area contributed by atoms with E-state index in [2.05, 4.69) is 67.5 Å². The fourth-order valence-corrected chi connectivity index (χ4v) is 3.90. The van der Waals surface area contributed by atoms with Gasteiger partial charge < -0.3 is 5.32 Å². The average molecular weight is 430 g/mol. The van der Waals surface area contributed by atoms with Crippen molar-refractivity contribution < 1.29 is 0 Å². The fraction of sp³-hybridized carbons (Fsp3) is 0.294. The molecule has 1 N–H and O–H groups in total. The molecule has 1 fully saturated rings. The predicted octanol–water partition coefficient (Wildman–Crippen LogP) is 6.53. The molecular weight excluding hydrogens is 413 g/mol. The second-order valence-corrected chi connectivity index (χ2v) is 7.82. The first-order valence-electron chi connectivity index (χ1n) is 7.00. The molecule has 0 saturated heterocycles. The van der Waals surface area contributed by atoms with Gasteiger partial charge in [-0.25, -0.2) is 0 Å². The molecule has 110 valence electrons. The molecule has 0 radical (unpaired) electrons. The largest absolute Gasteiger partial charge is 0.381 e. The monoisotopic (exact) mass is 427 g/mol. The van der Waals surface area contributed by atoms with Crippen LogP contribution in [0.15, 0.2) is 45.3 Å². The Kier molecular flexibility index (Phi) is 4.63. The Balaban J connectivity index is 1.64. The van der Waals surface area contributed by atoms with E-state index in [4.69, 9.17) is 11.6 Å². The zero-order valence-corrected chi connectivity index (χ0v) is 15.6. The van der Waals surface area contributed by atoms with Crippen LogP contribution >= 0.6 is 43.5 Å². The summed E-state index contributed by atoms with van der Waals surface area (Å²) in [6.45, 7) is 2.02. The lowest BCUT2D eigenvalue weighted by Gasteiger charge is -2.37. The number of anilines is 1. The van der Waals surface area contributed by atoms with Crippen LogP contribution in [-0.4, -0.2) is 6.04 Å². The van der Waals surface area contributed by atoms with Crippen molar-refractivity contribution >= 4 is 49.1 Å². The van der Waals surface area contributed by atoms with Gasteiger partial charge in [-0.3, -0.25) is 0 Å². The van der Waals surface area contributed by atoms with E-state index in [9.17, 15) is 0 Å². The summed E-state index contributed by atoms with van der Waals surface area (Å²) < 4.78 is 2.24. The molecule has 3 rings (SSSR count). The maximum atomic E-state index is 6.21. The van der Waals surface area contributed by atoms with E-state index in [-0.39, 0.29) is 0 Å². The van der Waals surface area contributed by atoms with Crippen molar-refractivity contribution in [1.29, 1.82) is 0 Å². The molecule has 0 aromatic heterocycles. The SMILES string of the molecule is Cc1cc(Br)c(NC2CC(c3cccc(Br)c3)C2)cc1Cl. The van der Waals surface area contributed by atoms with Crippen LogP contribution in [0, 0.1) is 6.92 Å². The van der Waals surface area contributed by atoms with E-state index in [1.165, 1.54) is 5.56 Å². The lowest BCUT2D eigenvalue weighted by molar-refractivity contribution is 0.374. The third kappa shape index (κ3) is 3.46. The van der Waals surface area contributed by atoms with Gasteiger partial charge in [0.05, 0.1) is 5.69 Å². The van der Waals surface area contributed by atoms with Gasteiger partial charge in [-0.05, 0) is 77.0 Å². The zero-order valence-electron chi connectivity index (χ0n) is 11.7. The molecule has 4 heteroatoms. The van der Waals surface area contributed by atoms with Crippen molar-refractivity contribution in [1.82, 2.24) is 0 Å². The van der Waals surface area contributed by atoms with Gasteiger partial charge in [-0.2, -0.15) is 0 Å². The Morgan fingerprint density at radius 1 is 1.14 bits per heavy atom. The normalized spacial score (nSPS) is 21.0. The van der Waals surface area contributed by atoms with Crippen LogP contribution < -0.4 is 5.32 Å².